The lowest BCUT2D eigenvalue weighted by Crippen LogP contribution is -2.39. The van der Waals surface area contributed by atoms with Crippen LogP contribution in [0, 0.1) is 0 Å². The molecule has 5 heteroatoms. The van der Waals surface area contributed by atoms with Crippen molar-refractivity contribution in [1.29, 1.82) is 0 Å². The lowest BCUT2D eigenvalue weighted by molar-refractivity contribution is -0.147. The first-order valence-electron chi connectivity index (χ1n) is 7.93. The van der Waals surface area contributed by atoms with Crippen molar-refractivity contribution >= 4 is 12.3 Å². The lowest BCUT2D eigenvalue weighted by Gasteiger charge is -2.22. The van der Waals surface area contributed by atoms with Gasteiger partial charge in [-0.2, -0.15) is 0 Å². The first kappa shape index (κ1) is 16.4. The van der Waals surface area contributed by atoms with Crippen LogP contribution in [0.4, 0.5) is 0 Å². The fraction of sp³-hybridized carbons (Fsp3) is 0.263. The standard InChI is InChI=1S/C19H19NO4/c21-13-17-18(23-14-15-7-3-1-4-8-15)11-12-20(17)24-19(22)16-9-5-2-6-10-16/h1-10,13,17-18H,11-12,14H2/t17-,18+/m0/s1. The maximum Gasteiger partial charge on any atom is 0.357 e. The van der Waals surface area contributed by atoms with Gasteiger partial charge in [0.2, 0.25) is 0 Å². The molecule has 0 aromatic heterocycles. The van der Waals surface area contributed by atoms with Gasteiger partial charge in [0.05, 0.1) is 18.3 Å². The molecule has 1 aliphatic rings. The molecular formula is C19H19NO4. The quantitative estimate of drug-likeness (QED) is 0.764. The molecule has 5 nitrogen and oxygen atoms in total. The van der Waals surface area contributed by atoms with E-state index >= 15 is 0 Å². The number of carbonyl (C=O) groups excluding carboxylic acids is 2. The van der Waals surface area contributed by atoms with E-state index in [2.05, 4.69) is 0 Å². The van der Waals surface area contributed by atoms with Crippen molar-refractivity contribution in [2.75, 3.05) is 6.54 Å². The number of carbonyl (C=O) groups is 2. The zero-order chi connectivity index (χ0) is 16.8. The molecule has 0 aliphatic carbocycles. The second-order valence-corrected chi connectivity index (χ2v) is 5.64. The molecule has 2 aromatic rings. The highest BCUT2D eigenvalue weighted by atomic mass is 16.7. The van der Waals surface area contributed by atoms with Crippen LogP contribution in [0.3, 0.4) is 0 Å². The van der Waals surface area contributed by atoms with Crippen molar-refractivity contribution in [3.8, 4) is 0 Å². The highest BCUT2D eigenvalue weighted by Crippen LogP contribution is 2.22. The zero-order valence-corrected chi connectivity index (χ0v) is 13.2. The molecule has 1 saturated heterocycles. The minimum atomic E-state index is -0.582. The van der Waals surface area contributed by atoms with Gasteiger partial charge >= 0.3 is 5.97 Å². The van der Waals surface area contributed by atoms with E-state index in [-0.39, 0.29) is 6.10 Å². The van der Waals surface area contributed by atoms with Gasteiger partial charge in [0.1, 0.15) is 12.3 Å². The molecule has 1 fully saturated rings. The van der Waals surface area contributed by atoms with Crippen LogP contribution in [0.25, 0.3) is 0 Å². The first-order chi connectivity index (χ1) is 11.8. The number of nitrogens with zero attached hydrogens (tertiary/aromatic N) is 1. The third kappa shape index (κ3) is 3.88. The molecule has 0 spiro atoms. The number of hydrogen-bond donors (Lipinski definition) is 0. The summed E-state index contributed by atoms with van der Waals surface area (Å²) in [5.41, 5.74) is 1.50. The molecule has 3 rings (SSSR count). The maximum absolute atomic E-state index is 12.1. The molecule has 0 saturated carbocycles. The van der Waals surface area contributed by atoms with Crippen LogP contribution in [0.2, 0.25) is 0 Å². The zero-order valence-electron chi connectivity index (χ0n) is 13.2. The normalized spacial score (nSPS) is 20.7. The van der Waals surface area contributed by atoms with Crippen LogP contribution < -0.4 is 0 Å². The molecule has 124 valence electrons. The summed E-state index contributed by atoms with van der Waals surface area (Å²) in [5, 5.41) is 1.41. The number of rotatable bonds is 6. The number of aldehydes is 1. The summed E-state index contributed by atoms with van der Waals surface area (Å²) < 4.78 is 5.85. The smallest absolute Gasteiger partial charge is 0.357 e. The number of hydroxylamine groups is 2. The third-order valence-electron chi connectivity index (χ3n) is 4.00. The van der Waals surface area contributed by atoms with Gasteiger partial charge in [0.15, 0.2) is 0 Å². The number of hydrogen-bond acceptors (Lipinski definition) is 5. The molecule has 0 amide bonds. The van der Waals surface area contributed by atoms with Crippen LogP contribution in [0.15, 0.2) is 60.7 Å². The maximum atomic E-state index is 12.1. The van der Waals surface area contributed by atoms with E-state index < -0.39 is 12.0 Å². The average Bonchev–Trinajstić information content (AvgIpc) is 3.03. The molecule has 1 aliphatic heterocycles. The van der Waals surface area contributed by atoms with E-state index in [4.69, 9.17) is 9.57 Å². The van der Waals surface area contributed by atoms with Gasteiger partial charge in [-0.1, -0.05) is 48.5 Å². The minimum Gasteiger partial charge on any atom is -0.371 e. The first-order valence-corrected chi connectivity index (χ1v) is 7.93. The topological polar surface area (TPSA) is 55.8 Å². The van der Waals surface area contributed by atoms with Crippen molar-refractivity contribution in [2.45, 2.75) is 25.2 Å². The van der Waals surface area contributed by atoms with Crippen LogP contribution in [0.5, 0.6) is 0 Å². The summed E-state index contributed by atoms with van der Waals surface area (Å²) >= 11 is 0. The largest absolute Gasteiger partial charge is 0.371 e. The monoisotopic (exact) mass is 325 g/mol. The van der Waals surface area contributed by atoms with Crippen molar-refractivity contribution in [1.82, 2.24) is 5.06 Å². The van der Waals surface area contributed by atoms with E-state index in [1.54, 1.807) is 24.3 Å². The SMILES string of the molecule is O=C[C@H]1[C@H](OCc2ccccc2)CCN1OC(=O)c1ccccc1. The molecule has 0 bridgehead atoms. The Hall–Kier alpha value is -2.50. The Kier molecular flexibility index (Phi) is 5.36. The van der Waals surface area contributed by atoms with Crippen molar-refractivity contribution in [3.05, 3.63) is 71.8 Å². The average molecular weight is 325 g/mol. The fourth-order valence-electron chi connectivity index (χ4n) is 2.71. The number of ether oxygens (including phenoxy) is 1. The Balaban J connectivity index is 1.58. The van der Waals surface area contributed by atoms with Gasteiger partial charge in [-0.15, -0.1) is 5.06 Å². The van der Waals surface area contributed by atoms with Crippen LogP contribution in [0.1, 0.15) is 22.3 Å². The Labute approximate surface area is 140 Å². The van der Waals surface area contributed by atoms with Crippen LogP contribution >= 0.6 is 0 Å². The van der Waals surface area contributed by atoms with Crippen LogP contribution in [-0.4, -0.2) is 36.0 Å². The second kappa shape index (κ2) is 7.86. The fourth-order valence-corrected chi connectivity index (χ4v) is 2.71. The summed E-state index contributed by atoms with van der Waals surface area (Å²) in [6, 6.07) is 17.9. The lowest BCUT2D eigenvalue weighted by atomic mass is 10.2. The predicted octanol–water partition coefficient (Wildman–Crippen LogP) is 2.62. The van der Waals surface area contributed by atoms with Crippen molar-refractivity contribution in [2.24, 2.45) is 0 Å². The van der Waals surface area contributed by atoms with Gasteiger partial charge in [-0.25, -0.2) is 4.79 Å². The van der Waals surface area contributed by atoms with Crippen molar-refractivity contribution < 1.29 is 19.2 Å². The summed E-state index contributed by atoms with van der Waals surface area (Å²) in [4.78, 5) is 28.9. The molecule has 2 atom stereocenters. The van der Waals surface area contributed by atoms with Gasteiger partial charge in [-0.05, 0) is 24.1 Å². The van der Waals surface area contributed by atoms with Crippen LogP contribution in [-0.2, 0) is 21.0 Å². The molecule has 0 unspecified atom stereocenters. The van der Waals surface area contributed by atoms with Gasteiger partial charge < -0.3 is 14.4 Å². The van der Waals surface area contributed by atoms with Gasteiger partial charge in [0.25, 0.3) is 0 Å². The summed E-state index contributed by atoms with van der Waals surface area (Å²) in [6.07, 6.45) is 1.13. The van der Waals surface area contributed by atoms with Crippen molar-refractivity contribution in [3.63, 3.8) is 0 Å². The number of benzene rings is 2. The highest BCUT2D eigenvalue weighted by Gasteiger charge is 2.37. The summed E-state index contributed by atoms with van der Waals surface area (Å²) in [6.45, 7) is 0.901. The molecule has 24 heavy (non-hydrogen) atoms. The van der Waals surface area contributed by atoms with E-state index in [0.29, 0.717) is 25.1 Å². The Morgan fingerprint density at radius 1 is 1.08 bits per heavy atom. The molecular weight excluding hydrogens is 306 g/mol. The minimum absolute atomic E-state index is 0.286. The predicted molar refractivity (Wildman–Crippen MR) is 88.1 cm³/mol. The third-order valence-corrected chi connectivity index (χ3v) is 4.00. The molecule has 1 heterocycles. The van der Waals surface area contributed by atoms with E-state index in [9.17, 15) is 9.59 Å². The van der Waals surface area contributed by atoms with E-state index in [0.717, 1.165) is 11.8 Å². The highest BCUT2D eigenvalue weighted by molar-refractivity contribution is 5.89. The van der Waals surface area contributed by atoms with E-state index in [1.165, 1.54) is 5.06 Å². The summed E-state index contributed by atoms with van der Waals surface area (Å²) in [7, 11) is 0. The molecule has 0 radical (unpaired) electrons. The van der Waals surface area contributed by atoms with Gasteiger partial charge in [-0.3, -0.25) is 0 Å². The molecule has 0 N–H and O–H groups in total. The van der Waals surface area contributed by atoms with E-state index in [1.807, 2.05) is 36.4 Å². The Morgan fingerprint density at radius 2 is 1.75 bits per heavy atom. The second-order valence-electron chi connectivity index (χ2n) is 5.64. The summed E-state index contributed by atoms with van der Waals surface area (Å²) in [5.74, 6) is -0.467. The Morgan fingerprint density at radius 3 is 2.42 bits per heavy atom. The van der Waals surface area contributed by atoms with Gasteiger partial charge in [0, 0.05) is 6.54 Å². The molecule has 2 aromatic carbocycles. The Bertz CT molecular complexity index is 674.